The average Bonchev–Trinajstić information content (AvgIpc) is 3.64. The van der Waals surface area contributed by atoms with Gasteiger partial charge in [-0.05, 0) is 36.8 Å². The van der Waals surface area contributed by atoms with E-state index in [9.17, 15) is 9.59 Å². The van der Waals surface area contributed by atoms with E-state index in [1.54, 1.807) is 28.4 Å². The van der Waals surface area contributed by atoms with E-state index in [0.717, 1.165) is 21.8 Å². The molecule has 1 unspecified atom stereocenters. The van der Waals surface area contributed by atoms with Gasteiger partial charge in [-0.15, -0.1) is 11.3 Å². The molecule has 2 amide bonds. The number of ether oxygens (including phenoxy) is 2. The molecule has 0 aliphatic carbocycles. The van der Waals surface area contributed by atoms with Crippen LogP contribution in [0.5, 0.6) is 11.5 Å². The molecule has 0 bridgehead atoms. The van der Waals surface area contributed by atoms with Gasteiger partial charge in [-0.2, -0.15) is 0 Å². The Bertz CT molecular complexity index is 1460. The third-order valence-corrected chi connectivity index (χ3v) is 7.37. The van der Waals surface area contributed by atoms with Gasteiger partial charge in [0, 0.05) is 46.9 Å². The molecule has 8 heteroatoms. The number of hydrogen-bond acceptors (Lipinski definition) is 6. The number of thiazole rings is 1. The Morgan fingerprint density at radius 1 is 1.06 bits per heavy atom. The lowest BCUT2D eigenvalue weighted by Crippen LogP contribution is -2.28. The number of fused-ring (bicyclic) bond motifs is 1. The van der Waals surface area contributed by atoms with Gasteiger partial charge in [-0.1, -0.05) is 36.4 Å². The molecule has 1 fully saturated rings. The molecular weight excluding hydrogens is 474 g/mol. The van der Waals surface area contributed by atoms with Crippen LogP contribution in [0.2, 0.25) is 0 Å². The van der Waals surface area contributed by atoms with Crippen LogP contribution in [0.3, 0.4) is 0 Å². The third-order valence-electron chi connectivity index (χ3n) is 6.49. The molecule has 0 radical (unpaired) electrons. The smallest absolute Gasteiger partial charge is 0.231 e. The number of aromatic nitrogens is 1. The number of carbonyl (C=O) groups is 2. The number of carbonyl (C=O) groups excluding carboxylic acids is 2. The van der Waals surface area contributed by atoms with Gasteiger partial charge in [0.05, 0.1) is 11.6 Å². The van der Waals surface area contributed by atoms with Crippen molar-refractivity contribution in [2.45, 2.75) is 13.3 Å². The summed E-state index contributed by atoms with van der Waals surface area (Å²) in [5.41, 5.74) is 5.60. The highest BCUT2D eigenvalue weighted by molar-refractivity contribution is 7.13. The van der Waals surface area contributed by atoms with E-state index in [1.165, 1.54) is 5.56 Å². The van der Waals surface area contributed by atoms with Gasteiger partial charge in [0.2, 0.25) is 18.6 Å². The SMILES string of the molecule is Cc1ccccc1-c1nc(-c2ccc(NC(=O)C3CC(=O)N(c4ccc5c(c4)OCO5)C3)cc2)cs1. The highest BCUT2D eigenvalue weighted by atomic mass is 32.1. The molecular formula is C28H23N3O4S. The minimum absolute atomic E-state index is 0.0858. The quantitative estimate of drug-likeness (QED) is 0.394. The Balaban J connectivity index is 1.11. The molecule has 1 N–H and O–H groups in total. The topological polar surface area (TPSA) is 80.8 Å². The molecule has 180 valence electrons. The first-order valence-corrected chi connectivity index (χ1v) is 12.6. The lowest BCUT2D eigenvalue weighted by molar-refractivity contribution is -0.122. The van der Waals surface area contributed by atoms with Crippen molar-refractivity contribution in [2.75, 3.05) is 23.6 Å². The number of nitrogens with one attached hydrogen (secondary N) is 1. The summed E-state index contributed by atoms with van der Waals surface area (Å²) in [7, 11) is 0. The molecule has 3 heterocycles. The Hall–Kier alpha value is -4.17. The maximum Gasteiger partial charge on any atom is 0.231 e. The minimum Gasteiger partial charge on any atom is -0.454 e. The predicted octanol–water partition coefficient (Wildman–Crippen LogP) is 5.51. The summed E-state index contributed by atoms with van der Waals surface area (Å²) in [6.45, 7) is 2.58. The number of benzene rings is 3. The summed E-state index contributed by atoms with van der Waals surface area (Å²) in [6.07, 6.45) is 0.166. The van der Waals surface area contributed by atoms with Gasteiger partial charge in [-0.25, -0.2) is 4.98 Å². The zero-order valence-electron chi connectivity index (χ0n) is 19.6. The van der Waals surface area contributed by atoms with Crippen LogP contribution >= 0.6 is 11.3 Å². The van der Waals surface area contributed by atoms with Crippen LogP contribution in [0.25, 0.3) is 21.8 Å². The molecule has 2 aliphatic heterocycles. The summed E-state index contributed by atoms with van der Waals surface area (Å²) >= 11 is 1.62. The van der Waals surface area contributed by atoms with Crippen molar-refractivity contribution in [2.24, 2.45) is 5.92 Å². The van der Waals surface area contributed by atoms with Gasteiger partial charge in [-0.3, -0.25) is 9.59 Å². The third kappa shape index (κ3) is 4.20. The van der Waals surface area contributed by atoms with Crippen LogP contribution < -0.4 is 19.7 Å². The van der Waals surface area contributed by atoms with Crippen molar-refractivity contribution in [3.63, 3.8) is 0 Å². The Kier molecular flexibility index (Phi) is 5.65. The van der Waals surface area contributed by atoms with E-state index >= 15 is 0 Å². The van der Waals surface area contributed by atoms with Gasteiger partial charge in [0.25, 0.3) is 0 Å². The lowest BCUT2D eigenvalue weighted by Gasteiger charge is -2.17. The van der Waals surface area contributed by atoms with Crippen molar-refractivity contribution in [1.29, 1.82) is 0 Å². The van der Waals surface area contributed by atoms with Crippen molar-refractivity contribution in [3.05, 3.63) is 77.7 Å². The van der Waals surface area contributed by atoms with Gasteiger partial charge < -0.3 is 19.7 Å². The maximum absolute atomic E-state index is 12.9. The summed E-state index contributed by atoms with van der Waals surface area (Å²) in [6, 6.07) is 21.2. The van der Waals surface area contributed by atoms with Crippen LogP contribution in [0, 0.1) is 12.8 Å². The molecule has 0 spiro atoms. The number of anilines is 2. The fourth-order valence-electron chi connectivity index (χ4n) is 4.50. The molecule has 3 aromatic carbocycles. The summed E-state index contributed by atoms with van der Waals surface area (Å²) < 4.78 is 10.8. The zero-order valence-corrected chi connectivity index (χ0v) is 20.4. The van der Waals surface area contributed by atoms with Crippen molar-refractivity contribution in [3.8, 4) is 33.3 Å². The standard InChI is InChI=1S/C28H23N3O4S/c1-17-4-2-3-5-22(17)28-30-23(15-36-28)18-6-8-20(9-7-18)29-27(33)19-12-26(32)31(14-19)21-10-11-24-25(13-21)35-16-34-24/h2-11,13,15,19H,12,14,16H2,1H3,(H,29,33). The number of amides is 2. The minimum atomic E-state index is -0.433. The van der Waals surface area contributed by atoms with Crippen LogP contribution in [-0.4, -0.2) is 30.1 Å². The number of hydrogen-bond donors (Lipinski definition) is 1. The van der Waals surface area contributed by atoms with E-state index in [2.05, 4.69) is 24.4 Å². The zero-order chi connectivity index (χ0) is 24.6. The Morgan fingerprint density at radius 3 is 2.69 bits per heavy atom. The number of nitrogens with zero attached hydrogens (tertiary/aromatic N) is 2. The molecule has 7 nitrogen and oxygen atoms in total. The first-order valence-electron chi connectivity index (χ1n) is 11.7. The monoisotopic (exact) mass is 497 g/mol. The van der Waals surface area contributed by atoms with E-state index in [1.807, 2.05) is 47.8 Å². The van der Waals surface area contributed by atoms with Crippen LogP contribution in [0.15, 0.2) is 72.1 Å². The molecule has 36 heavy (non-hydrogen) atoms. The lowest BCUT2D eigenvalue weighted by atomic mass is 10.1. The predicted molar refractivity (Wildman–Crippen MR) is 139 cm³/mol. The Morgan fingerprint density at radius 2 is 1.86 bits per heavy atom. The van der Waals surface area contributed by atoms with E-state index in [0.29, 0.717) is 29.4 Å². The number of aryl methyl sites for hydroxylation is 1. The Labute approximate surface area is 212 Å². The van der Waals surface area contributed by atoms with Crippen molar-refractivity contribution in [1.82, 2.24) is 4.98 Å². The van der Waals surface area contributed by atoms with E-state index in [4.69, 9.17) is 14.5 Å². The fourth-order valence-corrected chi connectivity index (χ4v) is 5.42. The first kappa shape index (κ1) is 22.3. The van der Waals surface area contributed by atoms with Crippen molar-refractivity contribution < 1.29 is 19.1 Å². The molecule has 1 aromatic heterocycles. The van der Waals surface area contributed by atoms with Crippen LogP contribution in [0.1, 0.15) is 12.0 Å². The fraction of sp³-hybridized carbons (Fsp3) is 0.179. The molecule has 1 saturated heterocycles. The van der Waals surface area contributed by atoms with Gasteiger partial charge in [0.15, 0.2) is 11.5 Å². The second-order valence-electron chi connectivity index (χ2n) is 8.86. The molecule has 2 aliphatic rings. The highest BCUT2D eigenvalue weighted by Gasteiger charge is 2.35. The van der Waals surface area contributed by atoms with Crippen LogP contribution in [0.4, 0.5) is 11.4 Å². The number of rotatable bonds is 5. The summed E-state index contributed by atoms with van der Waals surface area (Å²) in [5, 5.41) is 5.99. The van der Waals surface area contributed by atoms with E-state index in [-0.39, 0.29) is 25.0 Å². The molecule has 0 saturated carbocycles. The average molecular weight is 498 g/mol. The van der Waals surface area contributed by atoms with Gasteiger partial charge in [0.1, 0.15) is 5.01 Å². The molecule has 1 atom stereocenters. The molecule has 4 aromatic rings. The second kappa shape index (κ2) is 9.13. The second-order valence-corrected chi connectivity index (χ2v) is 9.72. The molecule has 6 rings (SSSR count). The van der Waals surface area contributed by atoms with E-state index < -0.39 is 5.92 Å². The van der Waals surface area contributed by atoms with Gasteiger partial charge >= 0.3 is 0 Å². The first-order chi connectivity index (χ1) is 17.5. The summed E-state index contributed by atoms with van der Waals surface area (Å²) in [4.78, 5) is 32.0. The van der Waals surface area contributed by atoms with Crippen LogP contribution in [-0.2, 0) is 9.59 Å². The maximum atomic E-state index is 12.9. The largest absolute Gasteiger partial charge is 0.454 e. The van der Waals surface area contributed by atoms with Crippen molar-refractivity contribution >= 4 is 34.5 Å². The highest BCUT2D eigenvalue weighted by Crippen LogP contribution is 2.37. The summed E-state index contributed by atoms with van der Waals surface area (Å²) in [5.74, 6) is 0.580. The normalized spacial score (nSPS) is 16.4.